The molecule has 0 unspecified atom stereocenters. The Kier molecular flexibility index (Phi) is 4.58. The van der Waals surface area contributed by atoms with E-state index in [1.54, 1.807) is 0 Å². The van der Waals surface area contributed by atoms with Crippen LogP contribution < -0.4 is 5.32 Å². The van der Waals surface area contributed by atoms with Crippen molar-refractivity contribution < 1.29 is 4.79 Å². The first-order chi connectivity index (χ1) is 7.05. The van der Waals surface area contributed by atoms with Crippen LogP contribution in [0, 0.1) is 5.41 Å². The quantitative estimate of drug-likeness (QED) is 0.718. The van der Waals surface area contributed by atoms with Crippen molar-refractivity contribution in [3.05, 3.63) is 0 Å². The Labute approximate surface area is 93.2 Å². The summed E-state index contributed by atoms with van der Waals surface area (Å²) >= 11 is 0. The largest absolute Gasteiger partial charge is 0.342 e. The number of carbonyl (C=O) groups excluding carboxylic acids is 1. The van der Waals surface area contributed by atoms with Gasteiger partial charge in [0.2, 0.25) is 5.91 Å². The van der Waals surface area contributed by atoms with Crippen LogP contribution in [0.2, 0.25) is 0 Å². The lowest BCUT2D eigenvalue weighted by molar-refractivity contribution is -0.132. The van der Waals surface area contributed by atoms with Crippen LogP contribution in [-0.2, 0) is 4.79 Å². The molecule has 0 atom stereocenters. The van der Waals surface area contributed by atoms with E-state index >= 15 is 0 Å². The molecule has 1 rings (SSSR count). The van der Waals surface area contributed by atoms with Crippen LogP contribution in [0.4, 0.5) is 0 Å². The van der Waals surface area contributed by atoms with Crippen LogP contribution >= 0.6 is 0 Å². The highest BCUT2D eigenvalue weighted by Crippen LogP contribution is 2.29. The molecule has 3 heteroatoms. The van der Waals surface area contributed by atoms with Gasteiger partial charge in [-0.1, -0.05) is 20.8 Å². The monoisotopic (exact) mass is 212 g/mol. The Bertz CT molecular complexity index is 204. The third-order valence-electron chi connectivity index (χ3n) is 3.17. The SMILES string of the molecule is CCCNCC(=O)N1CCC(C)(C)CC1. The van der Waals surface area contributed by atoms with Gasteiger partial charge in [-0.05, 0) is 31.2 Å². The molecule has 0 saturated carbocycles. The van der Waals surface area contributed by atoms with Gasteiger partial charge in [0.1, 0.15) is 0 Å². The number of piperidine rings is 1. The molecule has 15 heavy (non-hydrogen) atoms. The molecule has 1 aliphatic rings. The maximum absolute atomic E-state index is 11.7. The van der Waals surface area contributed by atoms with Crippen LogP contribution in [0.25, 0.3) is 0 Å². The predicted molar refractivity (Wildman–Crippen MR) is 62.8 cm³/mol. The van der Waals surface area contributed by atoms with Crippen molar-refractivity contribution in [1.82, 2.24) is 10.2 Å². The van der Waals surface area contributed by atoms with Gasteiger partial charge in [0.15, 0.2) is 0 Å². The van der Waals surface area contributed by atoms with Gasteiger partial charge in [-0.25, -0.2) is 0 Å². The van der Waals surface area contributed by atoms with Crippen LogP contribution in [-0.4, -0.2) is 37.0 Å². The van der Waals surface area contributed by atoms with E-state index < -0.39 is 0 Å². The fourth-order valence-electron chi connectivity index (χ4n) is 1.85. The number of nitrogens with zero attached hydrogens (tertiary/aromatic N) is 1. The summed E-state index contributed by atoms with van der Waals surface area (Å²) in [5.74, 6) is 0.263. The molecule has 0 bridgehead atoms. The Balaban J connectivity index is 2.24. The van der Waals surface area contributed by atoms with Gasteiger partial charge in [-0.15, -0.1) is 0 Å². The van der Waals surface area contributed by atoms with Crippen LogP contribution in [0.5, 0.6) is 0 Å². The summed E-state index contributed by atoms with van der Waals surface area (Å²) in [6, 6.07) is 0. The Hall–Kier alpha value is -0.570. The predicted octanol–water partition coefficient (Wildman–Crippen LogP) is 1.63. The highest BCUT2D eigenvalue weighted by molar-refractivity contribution is 5.78. The van der Waals surface area contributed by atoms with Gasteiger partial charge in [-0.3, -0.25) is 4.79 Å². The lowest BCUT2D eigenvalue weighted by Crippen LogP contribution is -2.44. The summed E-state index contributed by atoms with van der Waals surface area (Å²) in [5, 5.41) is 3.16. The van der Waals surface area contributed by atoms with E-state index in [1.165, 1.54) is 0 Å². The Morgan fingerprint density at radius 3 is 2.47 bits per heavy atom. The second-order valence-corrected chi connectivity index (χ2v) is 5.22. The van der Waals surface area contributed by atoms with Gasteiger partial charge in [0.05, 0.1) is 6.54 Å². The third-order valence-corrected chi connectivity index (χ3v) is 3.17. The molecular weight excluding hydrogens is 188 g/mol. The molecule has 1 aliphatic heterocycles. The molecule has 1 heterocycles. The van der Waals surface area contributed by atoms with Crippen LogP contribution in [0.15, 0.2) is 0 Å². The van der Waals surface area contributed by atoms with Crippen molar-refractivity contribution in [3.63, 3.8) is 0 Å². The van der Waals surface area contributed by atoms with Crippen molar-refractivity contribution in [2.24, 2.45) is 5.41 Å². The number of rotatable bonds is 4. The van der Waals surface area contributed by atoms with E-state index in [4.69, 9.17) is 0 Å². The zero-order valence-corrected chi connectivity index (χ0v) is 10.3. The molecule has 0 aromatic carbocycles. The molecule has 0 aromatic rings. The maximum atomic E-state index is 11.7. The minimum absolute atomic E-state index is 0.263. The molecule has 0 radical (unpaired) electrons. The molecule has 1 fully saturated rings. The molecule has 1 N–H and O–H groups in total. The fraction of sp³-hybridized carbons (Fsp3) is 0.917. The van der Waals surface area contributed by atoms with E-state index in [-0.39, 0.29) is 5.91 Å². The molecule has 1 amide bonds. The average Bonchev–Trinajstić information content (AvgIpc) is 2.18. The summed E-state index contributed by atoms with van der Waals surface area (Å²) in [6.45, 7) is 9.98. The number of likely N-dealkylation sites (tertiary alicyclic amines) is 1. The standard InChI is InChI=1S/C12H24N2O/c1-4-7-13-10-11(15)14-8-5-12(2,3)6-9-14/h13H,4-10H2,1-3H3. The summed E-state index contributed by atoms with van der Waals surface area (Å²) in [4.78, 5) is 13.7. The smallest absolute Gasteiger partial charge is 0.236 e. The lowest BCUT2D eigenvalue weighted by atomic mass is 9.83. The van der Waals surface area contributed by atoms with Crippen molar-refractivity contribution >= 4 is 5.91 Å². The van der Waals surface area contributed by atoms with Crippen molar-refractivity contribution in [2.45, 2.75) is 40.0 Å². The van der Waals surface area contributed by atoms with E-state index in [1.807, 2.05) is 4.90 Å². The molecule has 1 saturated heterocycles. The average molecular weight is 212 g/mol. The summed E-state index contributed by atoms with van der Waals surface area (Å²) in [5.41, 5.74) is 0.424. The number of carbonyl (C=O) groups is 1. The topological polar surface area (TPSA) is 32.3 Å². The Morgan fingerprint density at radius 2 is 1.93 bits per heavy atom. The normalized spacial score (nSPS) is 20.3. The number of hydrogen-bond acceptors (Lipinski definition) is 2. The maximum Gasteiger partial charge on any atom is 0.236 e. The van der Waals surface area contributed by atoms with Gasteiger partial charge >= 0.3 is 0 Å². The summed E-state index contributed by atoms with van der Waals surface area (Å²) < 4.78 is 0. The zero-order valence-electron chi connectivity index (χ0n) is 10.3. The summed E-state index contributed by atoms with van der Waals surface area (Å²) in [6.07, 6.45) is 3.35. The van der Waals surface area contributed by atoms with Crippen LogP contribution in [0.1, 0.15) is 40.0 Å². The fourth-order valence-corrected chi connectivity index (χ4v) is 1.85. The lowest BCUT2D eigenvalue weighted by Gasteiger charge is -2.37. The second kappa shape index (κ2) is 5.50. The molecule has 0 spiro atoms. The highest BCUT2D eigenvalue weighted by Gasteiger charge is 2.27. The first-order valence-corrected chi connectivity index (χ1v) is 6.04. The van der Waals surface area contributed by atoms with E-state index in [0.717, 1.165) is 38.9 Å². The van der Waals surface area contributed by atoms with E-state index in [2.05, 4.69) is 26.1 Å². The van der Waals surface area contributed by atoms with E-state index in [0.29, 0.717) is 12.0 Å². The first kappa shape index (κ1) is 12.5. The highest BCUT2D eigenvalue weighted by atomic mass is 16.2. The van der Waals surface area contributed by atoms with Gasteiger partial charge < -0.3 is 10.2 Å². The number of amides is 1. The van der Waals surface area contributed by atoms with E-state index in [9.17, 15) is 4.79 Å². The van der Waals surface area contributed by atoms with Crippen molar-refractivity contribution in [2.75, 3.05) is 26.2 Å². The van der Waals surface area contributed by atoms with Gasteiger partial charge in [-0.2, -0.15) is 0 Å². The first-order valence-electron chi connectivity index (χ1n) is 6.04. The van der Waals surface area contributed by atoms with Gasteiger partial charge in [0, 0.05) is 13.1 Å². The number of hydrogen-bond donors (Lipinski definition) is 1. The molecule has 88 valence electrons. The molecule has 0 aromatic heterocycles. The minimum atomic E-state index is 0.263. The van der Waals surface area contributed by atoms with Crippen molar-refractivity contribution in [3.8, 4) is 0 Å². The van der Waals surface area contributed by atoms with Crippen molar-refractivity contribution in [1.29, 1.82) is 0 Å². The van der Waals surface area contributed by atoms with Gasteiger partial charge in [0.25, 0.3) is 0 Å². The molecule has 0 aliphatic carbocycles. The third kappa shape index (κ3) is 4.20. The molecular formula is C12H24N2O. The summed E-state index contributed by atoms with van der Waals surface area (Å²) in [7, 11) is 0. The molecule has 3 nitrogen and oxygen atoms in total. The minimum Gasteiger partial charge on any atom is -0.342 e. The number of nitrogens with one attached hydrogen (secondary N) is 1. The zero-order chi connectivity index (χ0) is 11.3. The Morgan fingerprint density at radius 1 is 1.33 bits per heavy atom. The second-order valence-electron chi connectivity index (χ2n) is 5.22. The van der Waals surface area contributed by atoms with Crippen LogP contribution in [0.3, 0.4) is 0 Å².